The van der Waals surface area contributed by atoms with Crippen LogP contribution in [0.5, 0.6) is 0 Å². The van der Waals surface area contributed by atoms with Crippen LogP contribution in [0.25, 0.3) is 0 Å². The number of likely N-dealkylation sites (N-methyl/N-ethyl adjacent to an activating group) is 1. The summed E-state index contributed by atoms with van der Waals surface area (Å²) >= 11 is 0. The molecule has 3 aliphatic rings. The van der Waals surface area contributed by atoms with Gasteiger partial charge in [-0.05, 0) is 79.3 Å². The molecule has 1 fully saturated rings. The van der Waals surface area contributed by atoms with Gasteiger partial charge in [0.25, 0.3) is 0 Å². The van der Waals surface area contributed by atoms with Gasteiger partial charge in [0.15, 0.2) is 0 Å². The number of carbonyl (C=O) groups excluding carboxylic acids is 2. The standard InChI is InChI=1S/C28H35N3O2/c1-30(2)27(33)25-18-20-8-3-6-12-24(20)31(25)26(32)13-7-9-21-19-28(14-16-29-17-15-28)23-11-5-4-10-22(21)23/h3-6,8,10-12,21,25,29H,7,9,13-19H2,1-2H3/t21?,25-/m0/s1. The average Bonchev–Trinajstić information content (AvgIpc) is 3.36. The number of para-hydroxylation sites is 1. The summed E-state index contributed by atoms with van der Waals surface area (Å²) in [7, 11) is 3.53. The maximum atomic E-state index is 13.4. The topological polar surface area (TPSA) is 52.7 Å². The van der Waals surface area contributed by atoms with Crippen molar-refractivity contribution in [3.05, 3.63) is 65.2 Å². The highest BCUT2D eigenvalue weighted by Crippen LogP contribution is 2.52. The van der Waals surface area contributed by atoms with E-state index in [0.717, 1.165) is 37.2 Å². The maximum Gasteiger partial charge on any atom is 0.245 e. The van der Waals surface area contributed by atoms with Gasteiger partial charge in [-0.15, -0.1) is 0 Å². The highest BCUT2D eigenvalue weighted by atomic mass is 16.2. The Morgan fingerprint density at radius 2 is 1.79 bits per heavy atom. The van der Waals surface area contributed by atoms with E-state index in [1.54, 1.807) is 29.5 Å². The molecule has 174 valence electrons. The van der Waals surface area contributed by atoms with E-state index in [-0.39, 0.29) is 11.8 Å². The van der Waals surface area contributed by atoms with E-state index in [4.69, 9.17) is 0 Å². The molecule has 2 heterocycles. The smallest absolute Gasteiger partial charge is 0.245 e. The molecule has 0 radical (unpaired) electrons. The second-order valence-corrected chi connectivity index (χ2v) is 10.3. The number of anilines is 1. The van der Waals surface area contributed by atoms with Gasteiger partial charge in [0.1, 0.15) is 6.04 Å². The lowest BCUT2D eigenvalue weighted by Gasteiger charge is -2.35. The summed E-state index contributed by atoms with van der Waals surface area (Å²) < 4.78 is 0. The first kappa shape index (κ1) is 22.1. The average molecular weight is 446 g/mol. The number of hydrogen-bond acceptors (Lipinski definition) is 3. The maximum absolute atomic E-state index is 13.4. The fraction of sp³-hybridized carbons (Fsp3) is 0.500. The zero-order valence-corrected chi connectivity index (χ0v) is 19.8. The highest BCUT2D eigenvalue weighted by molar-refractivity contribution is 6.03. The van der Waals surface area contributed by atoms with E-state index >= 15 is 0 Å². The first-order chi connectivity index (χ1) is 16.0. The van der Waals surface area contributed by atoms with Crippen LogP contribution in [0.1, 0.15) is 61.1 Å². The van der Waals surface area contributed by atoms with E-state index in [2.05, 4.69) is 29.6 Å². The Balaban J connectivity index is 1.28. The molecule has 2 aromatic rings. The van der Waals surface area contributed by atoms with Gasteiger partial charge in [-0.25, -0.2) is 0 Å². The molecule has 0 aromatic heterocycles. The van der Waals surface area contributed by atoms with Gasteiger partial charge in [-0.1, -0.05) is 42.5 Å². The summed E-state index contributed by atoms with van der Waals surface area (Å²) in [6, 6.07) is 16.5. The predicted molar refractivity (Wildman–Crippen MR) is 132 cm³/mol. The van der Waals surface area contributed by atoms with Gasteiger partial charge in [0.05, 0.1) is 0 Å². The van der Waals surface area contributed by atoms with E-state index in [0.29, 0.717) is 24.2 Å². The van der Waals surface area contributed by atoms with Crippen molar-refractivity contribution >= 4 is 17.5 Å². The van der Waals surface area contributed by atoms with E-state index in [9.17, 15) is 9.59 Å². The van der Waals surface area contributed by atoms with Crippen molar-refractivity contribution < 1.29 is 9.59 Å². The van der Waals surface area contributed by atoms with Crippen LogP contribution in [0.3, 0.4) is 0 Å². The molecule has 2 aromatic carbocycles. The van der Waals surface area contributed by atoms with E-state index < -0.39 is 6.04 Å². The minimum Gasteiger partial charge on any atom is -0.347 e. The minimum atomic E-state index is -0.421. The van der Waals surface area contributed by atoms with Gasteiger partial charge in [-0.3, -0.25) is 14.5 Å². The lowest BCUT2D eigenvalue weighted by molar-refractivity contribution is -0.132. The second kappa shape index (κ2) is 8.94. The summed E-state index contributed by atoms with van der Waals surface area (Å²) in [5.41, 5.74) is 5.35. The molecule has 0 bridgehead atoms. The number of benzene rings is 2. The Bertz CT molecular complexity index is 1040. The van der Waals surface area contributed by atoms with Crippen LogP contribution in [0.15, 0.2) is 48.5 Å². The minimum absolute atomic E-state index is 0.00267. The molecule has 5 nitrogen and oxygen atoms in total. The normalized spacial score (nSPS) is 22.8. The van der Waals surface area contributed by atoms with Crippen molar-refractivity contribution in [2.75, 3.05) is 32.1 Å². The van der Waals surface area contributed by atoms with Crippen molar-refractivity contribution in [1.82, 2.24) is 10.2 Å². The number of rotatable bonds is 5. The molecule has 1 aliphatic carbocycles. The molecule has 1 N–H and O–H groups in total. The third-order valence-electron chi connectivity index (χ3n) is 8.08. The fourth-order valence-electron chi connectivity index (χ4n) is 6.47. The Hall–Kier alpha value is -2.66. The Morgan fingerprint density at radius 3 is 2.58 bits per heavy atom. The van der Waals surface area contributed by atoms with Crippen molar-refractivity contribution in [3.8, 4) is 0 Å². The van der Waals surface area contributed by atoms with Gasteiger partial charge < -0.3 is 10.2 Å². The van der Waals surface area contributed by atoms with Gasteiger partial charge in [0.2, 0.25) is 11.8 Å². The van der Waals surface area contributed by atoms with Gasteiger partial charge >= 0.3 is 0 Å². The highest BCUT2D eigenvalue weighted by Gasteiger charge is 2.44. The summed E-state index contributed by atoms with van der Waals surface area (Å²) in [5, 5.41) is 3.52. The zero-order valence-electron chi connectivity index (χ0n) is 19.8. The largest absolute Gasteiger partial charge is 0.347 e. The molecule has 1 unspecified atom stereocenters. The molecule has 33 heavy (non-hydrogen) atoms. The van der Waals surface area contributed by atoms with Crippen LogP contribution in [-0.4, -0.2) is 49.9 Å². The first-order valence-electron chi connectivity index (χ1n) is 12.4. The Kier molecular flexibility index (Phi) is 6.00. The zero-order chi connectivity index (χ0) is 23.0. The number of nitrogens with zero attached hydrogens (tertiary/aromatic N) is 2. The van der Waals surface area contributed by atoms with Crippen molar-refractivity contribution in [2.24, 2.45) is 0 Å². The lowest BCUT2D eigenvalue weighted by Crippen LogP contribution is -2.47. The number of hydrogen-bond donors (Lipinski definition) is 1. The first-order valence-corrected chi connectivity index (χ1v) is 12.4. The Labute approximate surface area is 197 Å². The van der Waals surface area contributed by atoms with Crippen LogP contribution < -0.4 is 10.2 Å². The number of piperidine rings is 1. The molecule has 1 spiro atoms. The number of carbonyl (C=O) groups is 2. The van der Waals surface area contributed by atoms with E-state index in [1.165, 1.54) is 24.8 Å². The van der Waals surface area contributed by atoms with Crippen LogP contribution in [-0.2, 0) is 21.4 Å². The molecule has 2 aliphatic heterocycles. The SMILES string of the molecule is CN(C)C(=O)[C@@H]1Cc2ccccc2N1C(=O)CCCC1CC2(CCNCC2)c2ccccc21. The van der Waals surface area contributed by atoms with Crippen LogP contribution >= 0.6 is 0 Å². The predicted octanol–water partition coefficient (Wildman–Crippen LogP) is 4.01. The molecule has 0 saturated carbocycles. The number of amides is 2. The third kappa shape index (κ3) is 3.97. The number of nitrogens with one attached hydrogen (secondary N) is 1. The van der Waals surface area contributed by atoms with Gasteiger partial charge in [0, 0.05) is 32.6 Å². The molecular formula is C28H35N3O2. The van der Waals surface area contributed by atoms with Crippen LogP contribution in [0, 0.1) is 0 Å². The van der Waals surface area contributed by atoms with Crippen molar-refractivity contribution in [2.45, 2.75) is 62.3 Å². The third-order valence-corrected chi connectivity index (χ3v) is 8.08. The van der Waals surface area contributed by atoms with E-state index in [1.807, 2.05) is 24.3 Å². The monoisotopic (exact) mass is 445 g/mol. The molecule has 2 atom stereocenters. The fourth-order valence-corrected chi connectivity index (χ4v) is 6.47. The molecule has 5 rings (SSSR count). The summed E-state index contributed by atoms with van der Waals surface area (Å²) in [5.74, 6) is 0.595. The van der Waals surface area contributed by atoms with Crippen molar-refractivity contribution in [1.29, 1.82) is 0 Å². The summed E-state index contributed by atoms with van der Waals surface area (Å²) in [6.07, 6.45) is 6.59. The van der Waals surface area contributed by atoms with Crippen molar-refractivity contribution in [3.63, 3.8) is 0 Å². The molecule has 2 amide bonds. The summed E-state index contributed by atoms with van der Waals surface area (Å²) in [4.78, 5) is 29.6. The summed E-state index contributed by atoms with van der Waals surface area (Å²) in [6.45, 7) is 2.18. The number of fused-ring (bicyclic) bond motifs is 3. The van der Waals surface area contributed by atoms with Crippen LogP contribution in [0.4, 0.5) is 5.69 Å². The molecule has 1 saturated heterocycles. The molecular weight excluding hydrogens is 410 g/mol. The quantitative estimate of drug-likeness (QED) is 0.757. The van der Waals surface area contributed by atoms with Gasteiger partial charge in [-0.2, -0.15) is 0 Å². The second-order valence-electron chi connectivity index (χ2n) is 10.3. The van der Waals surface area contributed by atoms with Crippen LogP contribution in [0.2, 0.25) is 0 Å². The molecule has 5 heteroatoms. The lowest BCUT2D eigenvalue weighted by atomic mass is 9.73. The Morgan fingerprint density at radius 1 is 1.06 bits per heavy atom.